The summed E-state index contributed by atoms with van der Waals surface area (Å²) in [5.41, 5.74) is -6.32. The molecule has 0 radical (unpaired) electrons. The molecule has 0 rings (SSSR count). The van der Waals surface area contributed by atoms with Crippen molar-refractivity contribution in [2.75, 3.05) is 6.61 Å². The molecule has 0 bridgehead atoms. The molecule has 8 nitrogen and oxygen atoms in total. The Morgan fingerprint density at radius 1 is 0.905 bits per heavy atom. The number of aliphatic hydroxyl groups is 3. The fourth-order valence-corrected chi connectivity index (χ4v) is 2.42. The summed E-state index contributed by atoms with van der Waals surface area (Å²) in [7, 11) is 0. The van der Waals surface area contributed by atoms with Crippen LogP contribution in [0.2, 0.25) is 0 Å². The molecule has 0 saturated heterocycles. The quantitative estimate of drug-likeness (QED) is 0.344. The molecule has 0 aromatic carbocycles. The van der Waals surface area contributed by atoms with Gasteiger partial charge in [0.25, 0.3) is 0 Å². The third kappa shape index (κ3) is 2.57. The van der Waals surface area contributed by atoms with E-state index in [1.165, 1.54) is 0 Å². The molecule has 0 aliphatic rings. The maximum absolute atomic E-state index is 12.1. The fourth-order valence-electron chi connectivity index (χ4n) is 2.42. The number of carbonyl (C=O) groups is 5. The maximum atomic E-state index is 12.1. The predicted octanol–water partition coefficient (Wildman–Crippen LogP) is -2.02. The molecule has 2 atom stereocenters. The summed E-state index contributed by atoms with van der Waals surface area (Å²) in [4.78, 5) is 59.1. The van der Waals surface area contributed by atoms with Crippen LogP contribution in [-0.2, 0) is 24.0 Å². The molecule has 0 fully saturated rings. The summed E-state index contributed by atoms with van der Waals surface area (Å²) in [6.07, 6.45) is -2.30. The highest BCUT2D eigenvalue weighted by Gasteiger charge is 2.68. The summed E-state index contributed by atoms with van der Waals surface area (Å²) < 4.78 is 0. The van der Waals surface area contributed by atoms with Gasteiger partial charge in [-0.3, -0.25) is 24.0 Å². The van der Waals surface area contributed by atoms with Gasteiger partial charge in [-0.05, 0) is 20.8 Å². The fraction of sp³-hybridized carbons (Fsp3) is 0.615. The van der Waals surface area contributed by atoms with Gasteiger partial charge in [-0.15, -0.1) is 0 Å². The van der Waals surface area contributed by atoms with Crippen molar-refractivity contribution >= 4 is 28.9 Å². The van der Waals surface area contributed by atoms with Crippen molar-refractivity contribution in [3.8, 4) is 0 Å². The molecule has 8 heteroatoms. The lowest BCUT2D eigenvalue weighted by molar-refractivity contribution is -0.192. The lowest BCUT2D eigenvalue weighted by atomic mass is 9.59. The lowest BCUT2D eigenvalue weighted by Crippen LogP contribution is -2.71. The van der Waals surface area contributed by atoms with E-state index in [2.05, 4.69) is 0 Å². The van der Waals surface area contributed by atoms with Crippen LogP contribution in [0.15, 0.2) is 0 Å². The van der Waals surface area contributed by atoms with Crippen molar-refractivity contribution < 1.29 is 39.3 Å². The molecule has 0 aliphatic heterocycles. The summed E-state index contributed by atoms with van der Waals surface area (Å²) in [5, 5.41) is 29.2. The Bertz CT molecular complexity index is 492. The molecular weight excluding hydrogens is 284 g/mol. The van der Waals surface area contributed by atoms with Crippen LogP contribution in [0.3, 0.4) is 0 Å². The van der Waals surface area contributed by atoms with Crippen LogP contribution < -0.4 is 0 Å². The van der Waals surface area contributed by atoms with Gasteiger partial charge in [-0.25, -0.2) is 0 Å². The van der Waals surface area contributed by atoms with Gasteiger partial charge in [0.1, 0.15) is 6.10 Å². The molecule has 3 N–H and O–H groups in total. The van der Waals surface area contributed by atoms with Crippen LogP contribution in [-0.4, -0.2) is 62.5 Å². The third-order valence-electron chi connectivity index (χ3n) is 3.48. The Hall–Kier alpha value is -1.77. The van der Waals surface area contributed by atoms with Crippen molar-refractivity contribution in [2.45, 2.75) is 39.4 Å². The Balaban J connectivity index is 6.82. The summed E-state index contributed by atoms with van der Waals surface area (Å²) in [6, 6.07) is 0. The first-order valence-electron chi connectivity index (χ1n) is 6.02. The lowest BCUT2D eigenvalue weighted by Gasteiger charge is -2.42. The molecule has 0 saturated carbocycles. The Labute approximate surface area is 120 Å². The van der Waals surface area contributed by atoms with Crippen molar-refractivity contribution in [3.05, 3.63) is 0 Å². The van der Waals surface area contributed by atoms with E-state index in [9.17, 15) is 34.2 Å². The second-order valence-corrected chi connectivity index (χ2v) is 4.77. The average Bonchev–Trinajstić information content (AvgIpc) is 2.36. The zero-order valence-electron chi connectivity index (χ0n) is 12.2. The zero-order valence-corrected chi connectivity index (χ0v) is 12.2. The Morgan fingerprint density at radius 2 is 1.29 bits per heavy atom. The van der Waals surface area contributed by atoms with Crippen molar-refractivity contribution in [3.63, 3.8) is 0 Å². The van der Waals surface area contributed by atoms with Gasteiger partial charge in [0.15, 0.2) is 34.1 Å². The summed E-state index contributed by atoms with van der Waals surface area (Å²) in [6.45, 7) is 1.76. The van der Waals surface area contributed by atoms with Crippen molar-refractivity contribution in [1.82, 2.24) is 0 Å². The highest BCUT2D eigenvalue weighted by atomic mass is 16.4. The molecule has 0 spiro atoms. The van der Waals surface area contributed by atoms with Gasteiger partial charge in [-0.1, -0.05) is 0 Å². The van der Waals surface area contributed by atoms with E-state index >= 15 is 0 Å². The van der Waals surface area contributed by atoms with E-state index in [1.807, 2.05) is 0 Å². The van der Waals surface area contributed by atoms with E-state index in [0.29, 0.717) is 0 Å². The van der Waals surface area contributed by atoms with E-state index in [4.69, 9.17) is 5.11 Å². The number of aliphatic hydroxyl groups excluding tert-OH is 2. The molecule has 0 aromatic rings. The summed E-state index contributed by atoms with van der Waals surface area (Å²) in [5.74, 6) is -6.72. The van der Waals surface area contributed by atoms with Crippen LogP contribution in [0.4, 0.5) is 0 Å². The average molecular weight is 302 g/mol. The van der Waals surface area contributed by atoms with E-state index in [1.54, 1.807) is 0 Å². The number of Topliss-reactive ketones (excluding diaryl/α,β-unsaturated/α-hetero) is 5. The normalized spacial score (nSPS) is 15.8. The molecular formula is C13H18O8. The van der Waals surface area contributed by atoms with Crippen molar-refractivity contribution in [2.24, 2.45) is 5.41 Å². The van der Waals surface area contributed by atoms with Crippen molar-refractivity contribution in [1.29, 1.82) is 0 Å². The maximum Gasteiger partial charge on any atom is 0.222 e. The second-order valence-electron chi connectivity index (χ2n) is 4.77. The minimum absolute atomic E-state index is 0.729. The highest BCUT2D eigenvalue weighted by Crippen LogP contribution is 2.39. The van der Waals surface area contributed by atoms with Gasteiger partial charge in [0.05, 0.1) is 6.61 Å². The highest BCUT2D eigenvalue weighted by molar-refractivity contribution is 6.49. The van der Waals surface area contributed by atoms with Crippen LogP contribution in [0, 0.1) is 5.41 Å². The first-order chi connectivity index (χ1) is 9.42. The standard InChI is InChI=1S/C13H18O8/c1-6(15)11(20)12(7(2)16,8(3)17)13(21,9(4)18)10(19)5-14/h10,14,19,21H,5H2,1-4H3. The van der Waals surface area contributed by atoms with Gasteiger partial charge in [0, 0.05) is 6.92 Å². The number of hydrogen-bond donors (Lipinski definition) is 3. The van der Waals surface area contributed by atoms with Crippen LogP contribution in [0.1, 0.15) is 27.7 Å². The van der Waals surface area contributed by atoms with Crippen LogP contribution >= 0.6 is 0 Å². The van der Waals surface area contributed by atoms with E-state index in [-0.39, 0.29) is 0 Å². The SMILES string of the molecule is CC(=O)C(=O)C(C(C)=O)(C(C)=O)C(O)(C(C)=O)C(O)CO. The molecule has 0 amide bonds. The Morgan fingerprint density at radius 3 is 1.48 bits per heavy atom. The first kappa shape index (κ1) is 19.2. The molecule has 0 heterocycles. The first-order valence-corrected chi connectivity index (χ1v) is 6.02. The minimum Gasteiger partial charge on any atom is -0.394 e. The summed E-state index contributed by atoms with van der Waals surface area (Å²) >= 11 is 0. The molecule has 0 aromatic heterocycles. The minimum atomic E-state index is -3.23. The topological polar surface area (TPSA) is 146 Å². The zero-order chi connectivity index (χ0) is 17.2. The van der Waals surface area contributed by atoms with Crippen LogP contribution in [0.25, 0.3) is 0 Å². The molecule has 0 aliphatic carbocycles. The largest absolute Gasteiger partial charge is 0.394 e. The number of hydrogen-bond acceptors (Lipinski definition) is 8. The molecule has 2 unspecified atom stereocenters. The molecule has 21 heavy (non-hydrogen) atoms. The van der Waals surface area contributed by atoms with Gasteiger partial charge in [0.2, 0.25) is 5.78 Å². The number of rotatable bonds is 8. The van der Waals surface area contributed by atoms with Gasteiger partial charge in [-0.2, -0.15) is 0 Å². The van der Waals surface area contributed by atoms with E-state index < -0.39 is 52.6 Å². The smallest absolute Gasteiger partial charge is 0.222 e. The van der Waals surface area contributed by atoms with Gasteiger partial charge >= 0.3 is 0 Å². The Kier molecular flexibility index (Phi) is 5.80. The number of carbonyl (C=O) groups excluding carboxylic acids is 5. The van der Waals surface area contributed by atoms with Gasteiger partial charge < -0.3 is 15.3 Å². The van der Waals surface area contributed by atoms with E-state index in [0.717, 1.165) is 27.7 Å². The van der Waals surface area contributed by atoms with Crippen LogP contribution in [0.5, 0.6) is 0 Å². The number of ketones is 5. The molecule has 118 valence electrons. The predicted molar refractivity (Wildman–Crippen MR) is 68.2 cm³/mol. The third-order valence-corrected chi connectivity index (χ3v) is 3.48. The second kappa shape index (κ2) is 6.33. The monoisotopic (exact) mass is 302 g/mol.